The van der Waals surface area contributed by atoms with E-state index in [1.54, 1.807) is 19.2 Å². The average Bonchev–Trinajstić information content (AvgIpc) is 2.35. The lowest BCUT2D eigenvalue weighted by Crippen LogP contribution is -1.99. The lowest BCUT2D eigenvalue weighted by Gasteiger charge is -2.17. The highest BCUT2D eigenvalue weighted by molar-refractivity contribution is 9.10. The van der Waals surface area contributed by atoms with Gasteiger partial charge in [0.25, 0.3) is 0 Å². The third-order valence-corrected chi connectivity index (χ3v) is 4.38. The quantitative estimate of drug-likeness (QED) is 0.547. The first-order valence-corrected chi connectivity index (χ1v) is 7.85. The first-order chi connectivity index (χ1) is 9.42. The molecule has 0 aliphatic heterocycles. The van der Waals surface area contributed by atoms with Gasteiger partial charge in [0.15, 0.2) is 0 Å². The number of methoxy groups -OCH3 is 1. The van der Waals surface area contributed by atoms with E-state index in [1.165, 1.54) is 0 Å². The molecule has 0 amide bonds. The number of alkyl halides is 1. The summed E-state index contributed by atoms with van der Waals surface area (Å²) in [4.78, 5) is 0. The van der Waals surface area contributed by atoms with Gasteiger partial charge in [0.1, 0.15) is 5.75 Å². The molecule has 20 heavy (non-hydrogen) atoms. The maximum absolute atomic E-state index is 6.59. The molecule has 1 unspecified atom stereocenters. The molecule has 0 spiro atoms. The standard InChI is InChI=1S/C15H12BrCl3O/c1-8-3-9(5-10(17)4-8)14(19)12-6-11(18)7-13(16)15(12)20-2/h3-7,14H,1-2H3. The highest BCUT2D eigenvalue weighted by Crippen LogP contribution is 2.41. The van der Waals surface area contributed by atoms with Crippen molar-refractivity contribution in [2.24, 2.45) is 0 Å². The molecular weight excluding hydrogens is 382 g/mol. The van der Waals surface area contributed by atoms with E-state index in [4.69, 9.17) is 39.5 Å². The van der Waals surface area contributed by atoms with Crippen LogP contribution in [0.25, 0.3) is 0 Å². The molecule has 1 atom stereocenters. The van der Waals surface area contributed by atoms with Gasteiger partial charge in [-0.1, -0.05) is 29.3 Å². The molecule has 0 saturated carbocycles. The molecule has 5 heteroatoms. The molecule has 0 radical (unpaired) electrons. The summed E-state index contributed by atoms with van der Waals surface area (Å²) in [5.41, 5.74) is 2.76. The van der Waals surface area contributed by atoms with Crippen LogP contribution in [0.5, 0.6) is 5.75 Å². The summed E-state index contributed by atoms with van der Waals surface area (Å²) < 4.78 is 6.18. The molecule has 1 nitrogen and oxygen atoms in total. The van der Waals surface area contributed by atoms with Crippen molar-refractivity contribution in [2.75, 3.05) is 7.11 Å². The van der Waals surface area contributed by atoms with E-state index in [2.05, 4.69) is 15.9 Å². The summed E-state index contributed by atoms with van der Waals surface area (Å²) >= 11 is 22.2. The zero-order chi connectivity index (χ0) is 14.9. The second-order valence-electron chi connectivity index (χ2n) is 4.43. The molecule has 0 aliphatic carbocycles. The van der Waals surface area contributed by atoms with Gasteiger partial charge in [0, 0.05) is 15.6 Å². The molecule has 2 aromatic carbocycles. The summed E-state index contributed by atoms with van der Waals surface area (Å²) in [6, 6.07) is 9.31. The smallest absolute Gasteiger partial charge is 0.138 e. The second-order valence-corrected chi connectivity index (χ2v) is 6.60. The number of rotatable bonds is 3. The van der Waals surface area contributed by atoms with Gasteiger partial charge in [-0.2, -0.15) is 0 Å². The number of hydrogen-bond acceptors (Lipinski definition) is 1. The summed E-state index contributed by atoms with van der Waals surface area (Å²) in [6.07, 6.45) is 0. The van der Waals surface area contributed by atoms with Crippen LogP contribution < -0.4 is 4.74 Å². The monoisotopic (exact) mass is 392 g/mol. The van der Waals surface area contributed by atoms with Crippen LogP contribution in [-0.2, 0) is 0 Å². The van der Waals surface area contributed by atoms with Gasteiger partial charge in [-0.25, -0.2) is 0 Å². The number of benzene rings is 2. The van der Waals surface area contributed by atoms with Crippen LogP contribution in [0.4, 0.5) is 0 Å². The molecule has 0 bridgehead atoms. The Labute approximate surface area is 141 Å². The minimum absolute atomic E-state index is 0.391. The maximum Gasteiger partial charge on any atom is 0.138 e. The van der Waals surface area contributed by atoms with Crippen LogP contribution in [0, 0.1) is 6.92 Å². The van der Waals surface area contributed by atoms with Crippen molar-refractivity contribution in [1.29, 1.82) is 0 Å². The number of ether oxygens (including phenoxy) is 1. The van der Waals surface area contributed by atoms with Crippen LogP contribution in [-0.4, -0.2) is 7.11 Å². The van der Waals surface area contributed by atoms with E-state index in [1.807, 2.05) is 25.1 Å². The molecule has 2 aromatic rings. The van der Waals surface area contributed by atoms with Gasteiger partial charge in [0.05, 0.1) is 17.0 Å². The Morgan fingerprint density at radius 2 is 1.70 bits per heavy atom. The van der Waals surface area contributed by atoms with Crippen molar-refractivity contribution >= 4 is 50.7 Å². The molecule has 0 aromatic heterocycles. The van der Waals surface area contributed by atoms with Crippen molar-refractivity contribution in [3.8, 4) is 5.75 Å². The topological polar surface area (TPSA) is 9.23 Å². The Hall–Kier alpha value is -0.410. The van der Waals surface area contributed by atoms with Crippen LogP contribution in [0.15, 0.2) is 34.8 Å². The maximum atomic E-state index is 6.59. The Bertz CT molecular complexity index is 623. The molecule has 0 fully saturated rings. The van der Waals surface area contributed by atoms with E-state index < -0.39 is 5.38 Å². The zero-order valence-electron chi connectivity index (χ0n) is 10.9. The van der Waals surface area contributed by atoms with Crippen molar-refractivity contribution in [3.05, 3.63) is 61.5 Å². The Morgan fingerprint density at radius 1 is 1.05 bits per heavy atom. The van der Waals surface area contributed by atoms with E-state index >= 15 is 0 Å². The average molecular weight is 395 g/mol. The van der Waals surface area contributed by atoms with E-state index in [0.717, 1.165) is 21.2 Å². The predicted octanol–water partition coefficient (Wildman–Crippen LogP) is 6.40. The summed E-state index contributed by atoms with van der Waals surface area (Å²) in [6.45, 7) is 1.98. The summed E-state index contributed by atoms with van der Waals surface area (Å²) in [7, 11) is 1.60. The van der Waals surface area contributed by atoms with Crippen LogP contribution >= 0.6 is 50.7 Å². The minimum Gasteiger partial charge on any atom is -0.495 e. The van der Waals surface area contributed by atoms with Crippen LogP contribution in [0.1, 0.15) is 22.1 Å². The largest absolute Gasteiger partial charge is 0.495 e. The highest BCUT2D eigenvalue weighted by Gasteiger charge is 2.19. The van der Waals surface area contributed by atoms with Crippen LogP contribution in [0.3, 0.4) is 0 Å². The van der Waals surface area contributed by atoms with Crippen LogP contribution in [0.2, 0.25) is 10.0 Å². The second kappa shape index (κ2) is 6.57. The zero-order valence-corrected chi connectivity index (χ0v) is 14.7. The van der Waals surface area contributed by atoms with Gasteiger partial charge >= 0.3 is 0 Å². The third kappa shape index (κ3) is 3.43. The van der Waals surface area contributed by atoms with Gasteiger partial charge < -0.3 is 4.74 Å². The summed E-state index contributed by atoms with van der Waals surface area (Å²) in [5.74, 6) is 0.673. The number of halogens is 4. The lowest BCUT2D eigenvalue weighted by molar-refractivity contribution is 0.407. The molecule has 0 saturated heterocycles. The number of aryl methyl sites for hydroxylation is 1. The molecule has 106 valence electrons. The van der Waals surface area contributed by atoms with E-state index in [-0.39, 0.29) is 0 Å². The normalized spacial score (nSPS) is 12.3. The molecular formula is C15H12BrCl3O. The summed E-state index contributed by atoms with van der Waals surface area (Å²) in [5, 5.41) is 0.861. The third-order valence-electron chi connectivity index (χ3n) is 2.87. The van der Waals surface area contributed by atoms with Gasteiger partial charge in [-0.05, 0) is 58.2 Å². The van der Waals surface area contributed by atoms with Gasteiger partial charge in [0.2, 0.25) is 0 Å². The fraction of sp³-hybridized carbons (Fsp3) is 0.200. The Balaban J connectivity index is 2.55. The Kier molecular flexibility index (Phi) is 5.25. The molecule has 2 rings (SSSR count). The van der Waals surface area contributed by atoms with Gasteiger partial charge in [-0.15, -0.1) is 11.6 Å². The van der Waals surface area contributed by atoms with Crippen molar-refractivity contribution in [1.82, 2.24) is 0 Å². The first kappa shape index (κ1) is 16.0. The fourth-order valence-corrected chi connectivity index (χ4v) is 3.66. The Morgan fingerprint density at radius 3 is 2.30 bits per heavy atom. The van der Waals surface area contributed by atoms with E-state index in [9.17, 15) is 0 Å². The SMILES string of the molecule is COc1c(Br)cc(Cl)cc1C(Cl)c1cc(C)cc(Cl)c1. The molecule has 0 N–H and O–H groups in total. The first-order valence-electron chi connectivity index (χ1n) is 5.86. The van der Waals surface area contributed by atoms with Crippen molar-refractivity contribution in [2.45, 2.75) is 12.3 Å². The van der Waals surface area contributed by atoms with Gasteiger partial charge in [-0.3, -0.25) is 0 Å². The van der Waals surface area contributed by atoms with Crippen molar-refractivity contribution in [3.63, 3.8) is 0 Å². The van der Waals surface area contributed by atoms with E-state index in [0.29, 0.717) is 15.8 Å². The van der Waals surface area contributed by atoms with Crippen molar-refractivity contribution < 1.29 is 4.74 Å². The fourth-order valence-electron chi connectivity index (χ4n) is 2.07. The lowest BCUT2D eigenvalue weighted by atomic mass is 10.0. The predicted molar refractivity (Wildman–Crippen MR) is 89.6 cm³/mol. The molecule has 0 heterocycles. The highest BCUT2D eigenvalue weighted by atomic mass is 79.9. The minimum atomic E-state index is -0.391. The number of hydrogen-bond donors (Lipinski definition) is 0. The molecule has 0 aliphatic rings.